The van der Waals surface area contributed by atoms with Crippen molar-refractivity contribution in [2.75, 3.05) is 11.9 Å². The summed E-state index contributed by atoms with van der Waals surface area (Å²) in [6.45, 7) is 2.31. The van der Waals surface area contributed by atoms with Crippen LogP contribution in [-0.2, 0) is 0 Å². The minimum Gasteiger partial charge on any atom is -0.434 e. The van der Waals surface area contributed by atoms with E-state index in [2.05, 4.69) is 15.3 Å². The summed E-state index contributed by atoms with van der Waals surface area (Å²) in [6, 6.07) is 6.44. The minimum absolute atomic E-state index is 0.122. The van der Waals surface area contributed by atoms with Crippen molar-refractivity contribution in [3.8, 4) is 11.6 Å². The maximum absolute atomic E-state index is 11.1. The molecular weight excluding hydrogens is 284 g/mol. The molecule has 8 heteroatoms. The van der Waals surface area contributed by atoms with Gasteiger partial charge in [-0.2, -0.15) is 4.98 Å². The van der Waals surface area contributed by atoms with Crippen molar-refractivity contribution >= 4 is 23.1 Å². The number of ether oxygens (including phenoxy) is 1. The highest BCUT2D eigenvalue weighted by Gasteiger charge is 2.24. The van der Waals surface area contributed by atoms with E-state index in [4.69, 9.17) is 16.3 Å². The fraction of sp³-hybridized carbons (Fsp3) is 0.167. The van der Waals surface area contributed by atoms with Gasteiger partial charge in [-0.25, -0.2) is 4.98 Å². The molecule has 0 aliphatic rings. The predicted molar refractivity (Wildman–Crippen MR) is 74.4 cm³/mol. The number of halogens is 1. The summed E-state index contributed by atoms with van der Waals surface area (Å²) < 4.78 is 5.42. The molecule has 0 saturated heterocycles. The summed E-state index contributed by atoms with van der Waals surface area (Å²) in [6.07, 6.45) is 1.20. The summed E-state index contributed by atoms with van der Waals surface area (Å²) >= 11 is 5.76. The molecule has 0 bridgehead atoms. The standard InChI is InChI=1S/C12H11ClN4O3/c1-2-14-11-10(17(18)19)12(16-7-15-11)20-9-5-3-8(13)4-6-9/h3-7H,2H2,1H3,(H,14,15,16). The molecular formula is C12H11ClN4O3. The van der Waals surface area contributed by atoms with Crippen molar-refractivity contribution in [2.45, 2.75) is 6.92 Å². The van der Waals surface area contributed by atoms with E-state index in [-0.39, 0.29) is 17.4 Å². The van der Waals surface area contributed by atoms with Gasteiger partial charge in [0.2, 0.25) is 5.82 Å². The van der Waals surface area contributed by atoms with Crippen molar-refractivity contribution in [1.29, 1.82) is 0 Å². The van der Waals surface area contributed by atoms with Gasteiger partial charge in [0, 0.05) is 11.6 Å². The van der Waals surface area contributed by atoms with Gasteiger partial charge in [-0.3, -0.25) is 10.1 Å². The highest BCUT2D eigenvalue weighted by molar-refractivity contribution is 6.30. The number of aromatic nitrogens is 2. The molecule has 0 radical (unpaired) electrons. The molecule has 7 nitrogen and oxygen atoms in total. The zero-order valence-corrected chi connectivity index (χ0v) is 11.3. The first kappa shape index (κ1) is 14.0. The zero-order valence-electron chi connectivity index (χ0n) is 10.5. The smallest absolute Gasteiger partial charge is 0.373 e. The van der Waals surface area contributed by atoms with Gasteiger partial charge >= 0.3 is 11.6 Å². The molecule has 0 saturated carbocycles. The van der Waals surface area contributed by atoms with Gasteiger partial charge in [-0.15, -0.1) is 0 Å². The van der Waals surface area contributed by atoms with Gasteiger partial charge in [0.25, 0.3) is 0 Å². The third kappa shape index (κ3) is 3.12. The van der Waals surface area contributed by atoms with Crippen LogP contribution in [0, 0.1) is 10.1 Å². The molecule has 0 aliphatic carbocycles. The van der Waals surface area contributed by atoms with Crippen molar-refractivity contribution < 1.29 is 9.66 Å². The number of hydrogen-bond acceptors (Lipinski definition) is 6. The molecule has 0 spiro atoms. The number of nitrogens with zero attached hydrogens (tertiary/aromatic N) is 3. The molecule has 0 amide bonds. The molecule has 0 atom stereocenters. The highest BCUT2D eigenvalue weighted by atomic mass is 35.5. The van der Waals surface area contributed by atoms with Gasteiger partial charge < -0.3 is 10.1 Å². The molecule has 104 valence electrons. The van der Waals surface area contributed by atoms with Crippen molar-refractivity contribution in [2.24, 2.45) is 0 Å². The van der Waals surface area contributed by atoms with E-state index in [9.17, 15) is 10.1 Å². The summed E-state index contributed by atoms with van der Waals surface area (Å²) in [5, 5.41) is 14.5. The Balaban J connectivity index is 2.37. The van der Waals surface area contributed by atoms with E-state index in [0.29, 0.717) is 17.3 Å². The molecule has 2 rings (SSSR count). The Bertz CT molecular complexity index is 619. The molecule has 1 heterocycles. The number of hydrogen-bond donors (Lipinski definition) is 1. The van der Waals surface area contributed by atoms with E-state index in [1.165, 1.54) is 6.33 Å². The third-order valence-corrected chi connectivity index (χ3v) is 2.60. The molecule has 1 aromatic carbocycles. The Hall–Kier alpha value is -2.41. The van der Waals surface area contributed by atoms with Crippen LogP contribution in [0.25, 0.3) is 0 Å². The van der Waals surface area contributed by atoms with E-state index in [0.717, 1.165) is 0 Å². The predicted octanol–water partition coefficient (Wildman–Crippen LogP) is 3.26. The van der Waals surface area contributed by atoms with Crippen LogP contribution in [0.1, 0.15) is 6.92 Å². The summed E-state index contributed by atoms with van der Waals surface area (Å²) in [5.74, 6) is 0.401. The Morgan fingerprint density at radius 2 is 2.05 bits per heavy atom. The highest BCUT2D eigenvalue weighted by Crippen LogP contribution is 2.34. The Morgan fingerprint density at radius 1 is 1.35 bits per heavy atom. The molecule has 0 fully saturated rings. The molecule has 1 N–H and O–H groups in total. The quantitative estimate of drug-likeness (QED) is 0.672. The van der Waals surface area contributed by atoms with Crippen LogP contribution < -0.4 is 10.1 Å². The molecule has 1 aromatic heterocycles. The van der Waals surface area contributed by atoms with E-state index < -0.39 is 4.92 Å². The zero-order chi connectivity index (χ0) is 14.5. The molecule has 20 heavy (non-hydrogen) atoms. The lowest BCUT2D eigenvalue weighted by Gasteiger charge is -2.08. The number of benzene rings is 1. The van der Waals surface area contributed by atoms with Gasteiger partial charge in [-0.1, -0.05) is 11.6 Å². The monoisotopic (exact) mass is 294 g/mol. The largest absolute Gasteiger partial charge is 0.434 e. The second-order valence-electron chi connectivity index (χ2n) is 3.72. The topological polar surface area (TPSA) is 90.2 Å². The Kier molecular flexibility index (Phi) is 4.31. The lowest BCUT2D eigenvalue weighted by atomic mass is 10.3. The van der Waals surface area contributed by atoms with Crippen LogP contribution in [0.15, 0.2) is 30.6 Å². The lowest BCUT2D eigenvalue weighted by molar-refractivity contribution is -0.385. The fourth-order valence-electron chi connectivity index (χ4n) is 1.51. The molecule has 0 unspecified atom stereocenters. The summed E-state index contributed by atoms with van der Waals surface area (Å²) in [4.78, 5) is 18.2. The van der Waals surface area contributed by atoms with Gasteiger partial charge in [-0.05, 0) is 31.2 Å². The van der Waals surface area contributed by atoms with Crippen LogP contribution in [-0.4, -0.2) is 21.4 Å². The van der Waals surface area contributed by atoms with Gasteiger partial charge in [0.1, 0.15) is 12.1 Å². The number of nitro groups is 1. The van der Waals surface area contributed by atoms with Crippen LogP contribution in [0.2, 0.25) is 5.02 Å². The second-order valence-corrected chi connectivity index (χ2v) is 4.16. The molecule has 0 aliphatic heterocycles. The van der Waals surface area contributed by atoms with E-state index in [1.807, 2.05) is 6.92 Å². The van der Waals surface area contributed by atoms with E-state index >= 15 is 0 Å². The Labute approximate surface area is 119 Å². The SMILES string of the molecule is CCNc1ncnc(Oc2ccc(Cl)cc2)c1[N+](=O)[O-]. The average molecular weight is 295 g/mol. The second kappa shape index (κ2) is 6.16. The van der Waals surface area contributed by atoms with Crippen LogP contribution in [0.3, 0.4) is 0 Å². The molecule has 2 aromatic rings. The first-order valence-electron chi connectivity index (χ1n) is 5.78. The third-order valence-electron chi connectivity index (χ3n) is 2.34. The first-order chi connectivity index (χ1) is 9.61. The van der Waals surface area contributed by atoms with Crippen LogP contribution in [0.4, 0.5) is 11.5 Å². The Morgan fingerprint density at radius 3 is 2.65 bits per heavy atom. The van der Waals surface area contributed by atoms with Gasteiger partial charge in [0.05, 0.1) is 4.92 Å². The van der Waals surface area contributed by atoms with Crippen LogP contribution >= 0.6 is 11.6 Å². The number of nitrogens with one attached hydrogen (secondary N) is 1. The van der Waals surface area contributed by atoms with Crippen LogP contribution in [0.5, 0.6) is 11.6 Å². The van der Waals surface area contributed by atoms with Crippen molar-refractivity contribution in [3.63, 3.8) is 0 Å². The number of rotatable bonds is 5. The fourth-order valence-corrected chi connectivity index (χ4v) is 1.64. The summed E-state index contributed by atoms with van der Waals surface area (Å²) in [7, 11) is 0. The van der Waals surface area contributed by atoms with E-state index in [1.54, 1.807) is 24.3 Å². The first-order valence-corrected chi connectivity index (χ1v) is 6.16. The summed E-state index contributed by atoms with van der Waals surface area (Å²) in [5.41, 5.74) is -0.302. The maximum atomic E-state index is 11.1. The lowest BCUT2D eigenvalue weighted by Crippen LogP contribution is -2.06. The van der Waals surface area contributed by atoms with Gasteiger partial charge in [0.15, 0.2) is 0 Å². The normalized spacial score (nSPS) is 10.1. The maximum Gasteiger partial charge on any atom is 0.373 e. The minimum atomic E-state index is -0.580. The van der Waals surface area contributed by atoms with Crippen molar-refractivity contribution in [1.82, 2.24) is 9.97 Å². The van der Waals surface area contributed by atoms with Crippen molar-refractivity contribution in [3.05, 3.63) is 45.7 Å². The average Bonchev–Trinajstić information content (AvgIpc) is 2.41. The number of anilines is 1.